The minimum Gasteiger partial charge on any atom is -0.299 e. The van der Waals surface area contributed by atoms with E-state index >= 15 is 0 Å². The molecule has 0 heterocycles. The van der Waals surface area contributed by atoms with Gasteiger partial charge in [-0.25, -0.2) is 8.42 Å². The van der Waals surface area contributed by atoms with Crippen molar-refractivity contribution in [1.29, 1.82) is 0 Å². The number of carbonyl (C=O) groups excluding carboxylic acids is 1. The number of Topliss-reactive ketones (excluding diaryl/α,β-unsaturated/α-hetero) is 1. The molecule has 1 aromatic carbocycles. The van der Waals surface area contributed by atoms with Gasteiger partial charge in [-0.3, -0.25) is 4.79 Å². The summed E-state index contributed by atoms with van der Waals surface area (Å²) in [5.41, 5.74) is 0.380. The highest BCUT2D eigenvalue weighted by molar-refractivity contribution is 7.94. The van der Waals surface area contributed by atoms with E-state index in [4.69, 9.17) is 0 Å². The molecule has 0 saturated heterocycles. The summed E-state index contributed by atoms with van der Waals surface area (Å²) < 4.78 is 24.9. The van der Waals surface area contributed by atoms with Crippen LogP contribution in [0.1, 0.15) is 38.5 Å². The first-order valence-corrected chi connectivity index (χ1v) is 8.64. The molecule has 0 atom stereocenters. The molecule has 3 rings (SSSR count). The Morgan fingerprint density at radius 1 is 1.00 bits per heavy atom. The van der Waals surface area contributed by atoms with Crippen LogP contribution in [0.25, 0.3) is 0 Å². The van der Waals surface area contributed by atoms with E-state index in [9.17, 15) is 13.2 Å². The van der Waals surface area contributed by atoms with Crippen LogP contribution in [0.15, 0.2) is 46.2 Å². The zero-order valence-corrected chi connectivity index (χ0v) is 12.2. The predicted octanol–water partition coefficient (Wildman–Crippen LogP) is 3.27. The number of allylic oxidation sites excluding steroid dienone is 1. The Labute approximate surface area is 119 Å². The molecular formula is C16H18O3S. The van der Waals surface area contributed by atoms with Crippen molar-refractivity contribution in [1.82, 2.24) is 0 Å². The van der Waals surface area contributed by atoms with E-state index in [1.807, 2.05) is 0 Å². The first-order chi connectivity index (χ1) is 9.55. The van der Waals surface area contributed by atoms with Gasteiger partial charge in [0.05, 0.1) is 10.3 Å². The minimum absolute atomic E-state index is 0.240. The molecule has 0 N–H and O–H groups in total. The molecule has 106 valence electrons. The smallest absolute Gasteiger partial charge is 0.199 e. The molecule has 3 nitrogen and oxygen atoms in total. The maximum absolute atomic E-state index is 12.4. The summed E-state index contributed by atoms with van der Waals surface area (Å²) in [6.45, 7) is 0. The Balaban J connectivity index is 2.02. The summed E-state index contributed by atoms with van der Waals surface area (Å²) in [5.74, 6) is 0.240. The Bertz CT molecular complexity index is 650. The lowest BCUT2D eigenvalue weighted by molar-refractivity contribution is -0.124. The van der Waals surface area contributed by atoms with Gasteiger partial charge in [0.2, 0.25) is 0 Å². The van der Waals surface area contributed by atoms with Gasteiger partial charge in [0.1, 0.15) is 5.78 Å². The van der Waals surface area contributed by atoms with Crippen LogP contribution in [0.4, 0.5) is 0 Å². The number of rotatable bonds is 2. The Morgan fingerprint density at radius 3 is 2.30 bits per heavy atom. The number of hydrogen-bond donors (Lipinski definition) is 0. The molecule has 2 fully saturated rings. The topological polar surface area (TPSA) is 51.2 Å². The lowest BCUT2D eigenvalue weighted by Crippen LogP contribution is -2.23. The number of ketones is 1. The highest BCUT2D eigenvalue weighted by atomic mass is 32.2. The fourth-order valence-electron chi connectivity index (χ4n) is 3.52. The normalized spacial score (nSPS) is 23.8. The van der Waals surface area contributed by atoms with Gasteiger partial charge in [-0.05, 0) is 37.0 Å². The maximum Gasteiger partial charge on any atom is 0.199 e. The average molecular weight is 290 g/mol. The Kier molecular flexibility index (Phi) is 3.28. The third-order valence-electron chi connectivity index (χ3n) is 4.60. The van der Waals surface area contributed by atoms with E-state index in [0.29, 0.717) is 17.7 Å². The van der Waals surface area contributed by atoms with Gasteiger partial charge >= 0.3 is 0 Å². The second kappa shape index (κ2) is 4.85. The van der Waals surface area contributed by atoms with Crippen LogP contribution in [-0.2, 0) is 14.6 Å². The molecule has 0 aliphatic heterocycles. The molecule has 0 amide bonds. The molecule has 4 heteroatoms. The van der Waals surface area contributed by atoms with Crippen LogP contribution in [0.3, 0.4) is 0 Å². The van der Waals surface area contributed by atoms with Crippen molar-refractivity contribution < 1.29 is 13.2 Å². The third kappa shape index (κ3) is 2.12. The van der Waals surface area contributed by atoms with E-state index in [0.717, 1.165) is 31.3 Å². The Morgan fingerprint density at radius 2 is 1.65 bits per heavy atom. The van der Waals surface area contributed by atoms with Gasteiger partial charge in [-0.1, -0.05) is 31.0 Å². The fourth-order valence-corrected chi connectivity index (χ4v) is 4.91. The van der Waals surface area contributed by atoms with Crippen molar-refractivity contribution in [2.75, 3.05) is 0 Å². The van der Waals surface area contributed by atoms with Gasteiger partial charge in [-0.2, -0.15) is 0 Å². The van der Waals surface area contributed by atoms with E-state index in [1.54, 1.807) is 30.3 Å². The lowest BCUT2D eigenvalue weighted by atomic mass is 9.80. The van der Waals surface area contributed by atoms with Gasteiger partial charge in [0.15, 0.2) is 9.84 Å². The number of carbonyl (C=O) groups is 1. The standard InChI is InChI=1S/C16H18O3S/c17-15-9-8-13(16(15)10-4-5-11-16)12-20(18,19)14-6-2-1-3-7-14/h1-3,6-7,12H,4-5,8-11H2/b13-12+. The second-order valence-corrected chi connectivity index (χ2v) is 7.51. The largest absolute Gasteiger partial charge is 0.299 e. The molecule has 0 bridgehead atoms. The van der Waals surface area contributed by atoms with Crippen LogP contribution in [0, 0.1) is 5.41 Å². The van der Waals surface area contributed by atoms with Crippen LogP contribution in [0.5, 0.6) is 0 Å². The van der Waals surface area contributed by atoms with Crippen LogP contribution < -0.4 is 0 Å². The zero-order valence-electron chi connectivity index (χ0n) is 11.3. The average Bonchev–Trinajstić information content (AvgIpc) is 3.04. The lowest BCUT2D eigenvalue weighted by Gasteiger charge is -2.23. The van der Waals surface area contributed by atoms with Gasteiger partial charge < -0.3 is 0 Å². The van der Waals surface area contributed by atoms with Crippen molar-refractivity contribution in [2.45, 2.75) is 43.4 Å². The quantitative estimate of drug-likeness (QED) is 0.840. The number of sulfone groups is 1. The van der Waals surface area contributed by atoms with Crippen LogP contribution in [-0.4, -0.2) is 14.2 Å². The molecule has 0 radical (unpaired) electrons. The first-order valence-electron chi connectivity index (χ1n) is 7.09. The van der Waals surface area contributed by atoms with Crippen molar-refractivity contribution in [3.05, 3.63) is 41.3 Å². The molecule has 0 aromatic heterocycles. The van der Waals surface area contributed by atoms with Crippen molar-refractivity contribution in [2.24, 2.45) is 5.41 Å². The summed E-state index contributed by atoms with van der Waals surface area (Å²) in [6, 6.07) is 8.44. The zero-order chi connectivity index (χ0) is 14.2. The van der Waals surface area contributed by atoms with E-state index in [1.165, 1.54) is 5.41 Å². The highest BCUT2D eigenvalue weighted by Gasteiger charge is 2.48. The summed E-state index contributed by atoms with van der Waals surface area (Å²) in [5, 5.41) is 1.37. The van der Waals surface area contributed by atoms with Crippen LogP contribution in [0.2, 0.25) is 0 Å². The molecule has 2 aliphatic rings. The van der Waals surface area contributed by atoms with Crippen molar-refractivity contribution in [3.8, 4) is 0 Å². The molecular weight excluding hydrogens is 272 g/mol. The monoisotopic (exact) mass is 290 g/mol. The van der Waals surface area contributed by atoms with Crippen molar-refractivity contribution >= 4 is 15.6 Å². The molecule has 2 saturated carbocycles. The predicted molar refractivity (Wildman–Crippen MR) is 76.9 cm³/mol. The fraction of sp³-hybridized carbons (Fsp3) is 0.438. The molecule has 0 unspecified atom stereocenters. The summed E-state index contributed by atoms with van der Waals surface area (Å²) in [6.07, 6.45) is 4.79. The van der Waals surface area contributed by atoms with Crippen LogP contribution >= 0.6 is 0 Å². The highest BCUT2D eigenvalue weighted by Crippen LogP contribution is 2.52. The van der Waals surface area contributed by atoms with E-state index < -0.39 is 15.3 Å². The number of hydrogen-bond acceptors (Lipinski definition) is 3. The van der Waals surface area contributed by atoms with E-state index in [2.05, 4.69) is 0 Å². The van der Waals surface area contributed by atoms with Gasteiger partial charge in [-0.15, -0.1) is 0 Å². The minimum atomic E-state index is -3.44. The Hall–Kier alpha value is -1.42. The molecule has 2 aliphatic carbocycles. The van der Waals surface area contributed by atoms with Crippen molar-refractivity contribution in [3.63, 3.8) is 0 Å². The SMILES string of the molecule is O=C1CC/C(=C\S(=O)(=O)c2ccccc2)C12CCCC2. The van der Waals surface area contributed by atoms with Gasteiger partial charge in [0.25, 0.3) is 0 Å². The summed E-state index contributed by atoms with van der Waals surface area (Å²) in [4.78, 5) is 12.5. The molecule has 20 heavy (non-hydrogen) atoms. The second-order valence-electron chi connectivity index (χ2n) is 5.71. The summed E-state index contributed by atoms with van der Waals surface area (Å²) in [7, 11) is -3.44. The van der Waals surface area contributed by atoms with Gasteiger partial charge in [0, 0.05) is 11.8 Å². The molecule has 1 aromatic rings. The maximum atomic E-state index is 12.4. The van der Waals surface area contributed by atoms with E-state index in [-0.39, 0.29) is 5.78 Å². The first kappa shape index (κ1) is 13.6. The third-order valence-corrected chi connectivity index (χ3v) is 6.12. The summed E-state index contributed by atoms with van der Waals surface area (Å²) >= 11 is 0. The number of benzene rings is 1. The molecule has 1 spiro atoms.